The molecular formula is C14H16N2O2. The van der Waals surface area contributed by atoms with E-state index in [4.69, 9.17) is 0 Å². The fourth-order valence-corrected chi connectivity index (χ4v) is 3.07. The Labute approximate surface area is 106 Å². The fraction of sp³-hybridized carbons (Fsp3) is 0.429. The van der Waals surface area contributed by atoms with Gasteiger partial charge in [0.05, 0.1) is 4.92 Å². The van der Waals surface area contributed by atoms with Gasteiger partial charge >= 0.3 is 0 Å². The molecule has 0 saturated heterocycles. The molecule has 0 fully saturated rings. The maximum Gasteiger partial charge on any atom is 0.235 e. The quantitative estimate of drug-likeness (QED) is 0.593. The van der Waals surface area contributed by atoms with Crippen LogP contribution in [-0.4, -0.2) is 18.0 Å². The molecule has 0 amide bonds. The lowest BCUT2D eigenvalue weighted by atomic mass is 9.90. The van der Waals surface area contributed by atoms with E-state index in [1.807, 2.05) is 0 Å². The molecule has 2 aliphatic rings. The Balaban J connectivity index is 2.03. The van der Waals surface area contributed by atoms with Gasteiger partial charge in [0.1, 0.15) is 0 Å². The molecule has 0 N–H and O–H groups in total. The molecule has 0 aromatic heterocycles. The molecular weight excluding hydrogens is 228 g/mol. The van der Waals surface area contributed by atoms with E-state index in [1.54, 1.807) is 6.08 Å². The van der Waals surface area contributed by atoms with Crippen LogP contribution in [0.3, 0.4) is 0 Å². The third-order valence-corrected chi connectivity index (χ3v) is 3.74. The summed E-state index contributed by atoms with van der Waals surface area (Å²) in [5.41, 5.74) is 5.10. The molecule has 2 heterocycles. The van der Waals surface area contributed by atoms with E-state index in [2.05, 4.69) is 17.0 Å². The molecule has 1 aromatic rings. The summed E-state index contributed by atoms with van der Waals surface area (Å²) >= 11 is 0. The van der Waals surface area contributed by atoms with Crippen molar-refractivity contribution in [2.45, 2.75) is 25.7 Å². The molecule has 94 valence electrons. The average Bonchev–Trinajstić information content (AvgIpc) is 2.37. The normalized spacial score (nSPS) is 17.9. The van der Waals surface area contributed by atoms with Gasteiger partial charge in [-0.05, 0) is 54.5 Å². The molecule has 0 atom stereocenters. The summed E-state index contributed by atoms with van der Waals surface area (Å²) in [4.78, 5) is 12.5. The third-order valence-electron chi connectivity index (χ3n) is 3.74. The summed E-state index contributed by atoms with van der Waals surface area (Å²) in [7, 11) is 0. The van der Waals surface area contributed by atoms with Gasteiger partial charge in [-0.1, -0.05) is 0 Å². The van der Waals surface area contributed by atoms with Crippen molar-refractivity contribution in [2.24, 2.45) is 0 Å². The first kappa shape index (κ1) is 11.3. The Hall–Kier alpha value is -1.84. The standard InChI is InChI=1S/C14H16N2O2/c17-16(18)8-5-11-9-12-3-1-6-15-7-2-4-13(10-11)14(12)15/h5,8-10H,1-4,6-7H2/b8-5+. The van der Waals surface area contributed by atoms with Gasteiger partial charge in [0.2, 0.25) is 6.20 Å². The van der Waals surface area contributed by atoms with Crippen LogP contribution in [0.5, 0.6) is 0 Å². The van der Waals surface area contributed by atoms with Crippen molar-refractivity contribution in [2.75, 3.05) is 18.0 Å². The van der Waals surface area contributed by atoms with Crippen molar-refractivity contribution in [3.63, 3.8) is 0 Å². The predicted molar refractivity (Wildman–Crippen MR) is 71.3 cm³/mol. The fourth-order valence-electron chi connectivity index (χ4n) is 3.07. The maximum atomic E-state index is 10.4. The van der Waals surface area contributed by atoms with Crippen molar-refractivity contribution in [1.29, 1.82) is 0 Å². The summed E-state index contributed by atoms with van der Waals surface area (Å²) in [5.74, 6) is 0. The number of nitro groups is 1. The summed E-state index contributed by atoms with van der Waals surface area (Å²) in [6, 6.07) is 4.21. The van der Waals surface area contributed by atoms with Crippen LogP contribution in [0.25, 0.3) is 6.08 Å². The van der Waals surface area contributed by atoms with Crippen LogP contribution in [0.15, 0.2) is 18.3 Å². The highest BCUT2D eigenvalue weighted by molar-refractivity contribution is 5.67. The van der Waals surface area contributed by atoms with Crippen LogP contribution >= 0.6 is 0 Å². The summed E-state index contributed by atoms with van der Waals surface area (Å²) in [6.45, 7) is 2.31. The zero-order chi connectivity index (χ0) is 12.5. The lowest BCUT2D eigenvalue weighted by molar-refractivity contribution is -0.400. The van der Waals surface area contributed by atoms with Gasteiger partial charge < -0.3 is 4.90 Å². The van der Waals surface area contributed by atoms with Gasteiger partial charge in [0, 0.05) is 24.9 Å². The number of anilines is 1. The van der Waals surface area contributed by atoms with Gasteiger partial charge in [-0.25, -0.2) is 0 Å². The van der Waals surface area contributed by atoms with E-state index in [-0.39, 0.29) is 0 Å². The van der Waals surface area contributed by atoms with Crippen LogP contribution < -0.4 is 4.90 Å². The van der Waals surface area contributed by atoms with Gasteiger partial charge in [-0.2, -0.15) is 0 Å². The number of aryl methyl sites for hydroxylation is 2. The van der Waals surface area contributed by atoms with E-state index < -0.39 is 4.92 Å². The summed E-state index contributed by atoms with van der Waals surface area (Å²) in [5, 5.41) is 10.4. The van der Waals surface area contributed by atoms with Gasteiger partial charge in [-0.3, -0.25) is 10.1 Å². The van der Waals surface area contributed by atoms with Crippen LogP contribution in [0.1, 0.15) is 29.5 Å². The Bertz CT molecular complexity index is 492. The van der Waals surface area contributed by atoms with Gasteiger partial charge in [0.25, 0.3) is 0 Å². The van der Waals surface area contributed by atoms with Gasteiger partial charge in [-0.15, -0.1) is 0 Å². The smallest absolute Gasteiger partial charge is 0.235 e. The molecule has 0 saturated carbocycles. The summed E-state index contributed by atoms with van der Waals surface area (Å²) in [6.07, 6.45) is 7.20. The first-order valence-electron chi connectivity index (χ1n) is 6.46. The lowest BCUT2D eigenvalue weighted by Crippen LogP contribution is -2.34. The minimum Gasteiger partial charge on any atom is -0.371 e. The Kier molecular flexibility index (Phi) is 2.78. The molecule has 4 nitrogen and oxygen atoms in total. The zero-order valence-electron chi connectivity index (χ0n) is 10.3. The van der Waals surface area contributed by atoms with E-state index in [9.17, 15) is 10.1 Å². The van der Waals surface area contributed by atoms with Crippen LogP contribution in [0, 0.1) is 10.1 Å². The number of rotatable bonds is 2. The first-order chi connectivity index (χ1) is 8.74. The van der Waals surface area contributed by atoms with Crippen LogP contribution in [0.2, 0.25) is 0 Å². The SMILES string of the molecule is O=[N+]([O-])/C=C/c1cc2c3c(c1)CCCN3CCC2. The largest absolute Gasteiger partial charge is 0.371 e. The molecule has 2 aliphatic heterocycles. The highest BCUT2D eigenvalue weighted by Crippen LogP contribution is 2.36. The second kappa shape index (κ2) is 4.44. The van der Waals surface area contributed by atoms with E-state index in [1.165, 1.54) is 29.7 Å². The van der Waals surface area contributed by atoms with Crippen molar-refractivity contribution in [3.05, 3.63) is 45.1 Å². The Morgan fingerprint density at radius 2 is 1.78 bits per heavy atom. The Morgan fingerprint density at radius 1 is 1.17 bits per heavy atom. The molecule has 4 heteroatoms. The third kappa shape index (κ3) is 1.98. The highest BCUT2D eigenvalue weighted by Gasteiger charge is 2.23. The minimum atomic E-state index is -0.405. The molecule has 3 rings (SSSR count). The molecule has 0 spiro atoms. The highest BCUT2D eigenvalue weighted by atomic mass is 16.6. The zero-order valence-corrected chi connectivity index (χ0v) is 10.3. The van der Waals surface area contributed by atoms with E-state index >= 15 is 0 Å². The van der Waals surface area contributed by atoms with Crippen LogP contribution in [0.4, 0.5) is 5.69 Å². The first-order valence-corrected chi connectivity index (χ1v) is 6.46. The number of hydrogen-bond acceptors (Lipinski definition) is 3. The lowest BCUT2D eigenvalue weighted by Gasteiger charge is -2.37. The van der Waals surface area contributed by atoms with Crippen molar-refractivity contribution in [3.8, 4) is 0 Å². The monoisotopic (exact) mass is 244 g/mol. The predicted octanol–water partition coefficient (Wildman–Crippen LogP) is 2.63. The van der Waals surface area contributed by atoms with Crippen LogP contribution in [-0.2, 0) is 12.8 Å². The molecule has 0 radical (unpaired) electrons. The number of nitrogens with zero attached hydrogens (tertiary/aromatic N) is 2. The molecule has 1 aromatic carbocycles. The van der Waals surface area contributed by atoms with E-state index in [0.29, 0.717) is 0 Å². The number of benzene rings is 1. The molecule has 0 unspecified atom stereocenters. The van der Waals surface area contributed by atoms with Gasteiger partial charge in [0.15, 0.2) is 0 Å². The average molecular weight is 244 g/mol. The molecule has 18 heavy (non-hydrogen) atoms. The second-order valence-corrected chi connectivity index (χ2v) is 4.98. The molecule has 0 bridgehead atoms. The van der Waals surface area contributed by atoms with Crippen molar-refractivity contribution in [1.82, 2.24) is 0 Å². The number of hydrogen-bond donors (Lipinski definition) is 0. The second-order valence-electron chi connectivity index (χ2n) is 4.98. The van der Waals surface area contributed by atoms with Crippen molar-refractivity contribution >= 4 is 11.8 Å². The maximum absolute atomic E-state index is 10.4. The molecule has 0 aliphatic carbocycles. The topological polar surface area (TPSA) is 46.4 Å². The minimum absolute atomic E-state index is 0.405. The summed E-state index contributed by atoms with van der Waals surface area (Å²) < 4.78 is 0. The van der Waals surface area contributed by atoms with Crippen molar-refractivity contribution < 1.29 is 4.92 Å². The Morgan fingerprint density at radius 3 is 2.33 bits per heavy atom. The van der Waals surface area contributed by atoms with E-state index in [0.717, 1.165) is 37.7 Å².